The number of rotatable bonds is 7. The predicted molar refractivity (Wildman–Crippen MR) is 132 cm³/mol. The maximum atomic E-state index is 12.2. The summed E-state index contributed by atoms with van der Waals surface area (Å²) < 4.78 is 30.5. The molecule has 4 aliphatic rings. The first-order valence-electron chi connectivity index (χ1n) is 13.5. The predicted octanol–water partition coefficient (Wildman–Crippen LogP) is 2.37. The second-order valence-electron chi connectivity index (χ2n) is 12.7. The van der Waals surface area contributed by atoms with Crippen LogP contribution in [0.15, 0.2) is 0 Å². The monoisotopic (exact) mass is 515 g/mol. The largest absolute Gasteiger partial charge is 0.393 e. The van der Waals surface area contributed by atoms with Gasteiger partial charge in [-0.3, -0.25) is 9.35 Å². The molecule has 4 aliphatic carbocycles. The van der Waals surface area contributed by atoms with Crippen molar-refractivity contribution in [1.29, 1.82) is 0 Å². The highest BCUT2D eigenvalue weighted by Crippen LogP contribution is 2.68. The normalized spacial score (nSPS) is 46.3. The zero-order chi connectivity index (χ0) is 25.8. The lowest BCUT2D eigenvalue weighted by Gasteiger charge is -2.63. The molecule has 0 spiro atoms. The van der Waals surface area contributed by atoms with Crippen molar-refractivity contribution < 1.29 is 33.1 Å². The highest BCUT2D eigenvalue weighted by Gasteiger charge is 2.65. The number of nitrogens with one attached hydrogen (secondary N) is 1. The van der Waals surface area contributed by atoms with Gasteiger partial charge in [-0.05, 0) is 97.7 Å². The summed E-state index contributed by atoms with van der Waals surface area (Å²) in [6.07, 6.45) is 5.67. The summed E-state index contributed by atoms with van der Waals surface area (Å²) in [6, 6.07) is 0. The molecule has 0 heterocycles. The molecule has 5 N–H and O–H groups in total. The standard InChI is InChI=1S/C26H45NO7S/c1-15(4-7-23(31)27-10-11-35(32,33)34)18-5-6-19-24-20(14-22(30)26(18,19)3)25(2)9-8-17(28)12-16(25)13-21(24)29/h15-22,24,28-30H,4-14H2,1-3H3,(H,27,31)(H,32,33,34)/t15-,16+,17-,18+,19-,20-,21+,22-,24-,25-,26+/m0/s1. The summed E-state index contributed by atoms with van der Waals surface area (Å²) in [5.74, 6) is 0.705. The van der Waals surface area contributed by atoms with E-state index in [0.717, 1.165) is 38.5 Å². The molecule has 0 radical (unpaired) electrons. The van der Waals surface area contributed by atoms with Crippen molar-refractivity contribution in [3.63, 3.8) is 0 Å². The Morgan fingerprint density at radius 3 is 2.46 bits per heavy atom. The number of fused-ring (bicyclic) bond motifs is 5. The summed E-state index contributed by atoms with van der Waals surface area (Å²) in [7, 11) is -4.10. The lowest BCUT2D eigenvalue weighted by molar-refractivity contribution is -0.207. The summed E-state index contributed by atoms with van der Waals surface area (Å²) in [5.41, 5.74) is -0.254. The van der Waals surface area contributed by atoms with Gasteiger partial charge in [-0.25, -0.2) is 0 Å². The zero-order valence-electron chi connectivity index (χ0n) is 21.4. The Labute approximate surface area is 210 Å². The van der Waals surface area contributed by atoms with E-state index in [4.69, 9.17) is 4.55 Å². The van der Waals surface area contributed by atoms with E-state index >= 15 is 0 Å². The molecule has 35 heavy (non-hydrogen) atoms. The average Bonchev–Trinajstić information content (AvgIpc) is 3.12. The van der Waals surface area contributed by atoms with Gasteiger partial charge in [0.05, 0.1) is 24.1 Å². The van der Waals surface area contributed by atoms with Crippen LogP contribution in [0.3, 0.4) is 0 Å². The number of aliphatic hydroxyl groups is 3. The van der Waals surface area contributed by atoms with Crippen LogP contribution in [0, 0.1) is 46.3 Å². The maximum Gasteiger partial charge on any atom is 0.266 e. The van der Waals surface area contributed by atoms with Crippen LogP contribution in [0.1, 0.15) is 78.6 Å². The van der Waals surface area contributed by atoms with Gasteiger partial charge in [-0.1, -0.05) is 20.8 Å². The molecule has 202 valence electrons. The molecule has 0 aromatic carbocycles. The minimum Gasteiger partial charge on any atom is -0.393 e. The molecule has 0 aromatic rings. The second-order valence-corrected chi connectivity index (χ2v) is 14.2. The summed E-state index contributed by atoms with van der Waals surface area (Å²) >= 11 is 0. The van der Waals surface area contributed by atoms with Gasteiger partial charge < -0.3 is 20.6 Å². The maximum absolute atomic E-state index is 12.2. The molecular weight excluding hydrogens is 470 g/mol. The van der Waals surface area contributed by atoms with Crippen LogP contribution in [0.2, 0.25) is 0 Å². The molecule has 11 atom stereocenters. The van der Waals surface area contributed by atoms with Crippen molar-refractivity contribution in [1.82, 2.24) is 5.32 Å². The van der Waals surface area contributed by atoms with Crippen LogP contribution in [-0.2, 0) is 14.9 Å². The quantitative estimate of drug-likeness (QED) is 0.327. The number of carbonyl (C=O) groups excluding carboxylic acids is 1. The lowest BCUT2D eigenvalue weighted by Crippen LogP contribution is -2.62. The van der Waals surface area contributed by atoms with E-state index in [1.165, 1.54) is 0 Å². The Hall–Kier alpha value is -0.740. The first kappa shape index (κ1) is 27.3. The Morgan fingerprint density at radius 1 is 1.06 bits per heavy atom. The molecular formula is C26H45NO7S. The Kier molecular flexibility index (Phi) is 7.69. The second kappa shape index (κ2) is 9.86. The molecule has 4 saturated carbocycles. The van der Waals surface area contributed by atoms with Crippen LogP contribution in [0.4, 0.5) is 0 Å². The van der Waals surface area contributed by atoms with Crippen molar-refractivity contribution in [2.45, 2.75) is 96.9 Å². The first-order chi connectivity index (χ1) is 16.3. The van der Waals surface area contributed by atoms with Crippen molar-refractivity contribution in [3.05, 3.63) is 0 Å². The molecule has 8 nitrogen and oxygen atoms in total. The lowest BCUT2D eigenvalue weighted by atomic mass is 9.43. The van der Waals surface area contributed by atoms with Crippen molar-refractivity contribution in [2.24, 2.45) is 46.3 Å². The number of amides is 1. The molecule has 0 aromatic heterocycles. The van der Waals surface area contributed by atoms with Crippen LogP contribution in [0.25, 0.3) is 0 Å². The fourth-order valence-electron chi connectivity index (χ4n) is 9.10. The Balaban J connectivity index is 1.43. The van der Waals surface area contributed by atoms with E-state index in [0.29, 0.717) is 18.8 Å². The Bertz CT molecular complexity index is 896. The summed E-state index contributed by atoms with van der Waals surface area (Å²) in [6.45, 7) is 6.56. The topological polar surface area (TPSA) is 144 Å². The van der Waals surface area contributed by atoms with Gasteiger partial charge in [-0.15, -0.1) is 0 Å². The van der Waals surface area contributed by atoms with E-state index in [2.05, 4.69) is 26.1 Å². The fraction of sp³-hybridized carbons (Fsp3) is 0.962. The third-order valence-electron chi connectivity index (χ3n) is 11.0. The van der Waals surface area contributed by atoms with Gasteiger partial charge in [0.2, 0.25) is 5.91 Å². The fourth-order valence-corrected chi connectivity index (χ4v) is 9.46. The van der Waals surface area contributed by atoms with Gasteiger partial charge in [0.1, 0.15) is 0 Å². The number of carbonyl (C=O) groups is 1. The molecule has 4 rings (SSSR count). The van der Waals surface area contributed by atoms with Crippen LogP contribution in [-0.4, -0.2) is 64.8 Å². The first-order valence-corrected chi connectivity index (χ1v) is 15.1. The molecule has 0 aliphatic heterocycles. The van der Waals surface area contributed by atoms with E-state index in [-0.39, 0.29) is 65.4 Å². The molecule has 1 amide bonds. The zero-order valence-corrected chi connectivity index (χ0v) is 22.2. The summed E-state index contributed by atoms with van der Waals surface area (Å²) in [5, 5.41) is 35.8. The molecule has 0 bridgehead atoms. The van der Waals surface area contributed by atoms with Crippen LogP contribution >= 0.6 is 0 Å². The van der Waals surface area contributed by atoms with Gasteiger partial charge in [-0.2, -0.15) is 8.42 Å². The van der Waals surface area contributed by atoms with Crippen molar-refractivity contribution in [2.75, 3.05) is 12.3 Å². The van der Waals surface area contributed by atoms with Crippen LogP contribution < -0.4 is 5.32 Å². The smallest absolute Gasteiger partial charge is 0.266 e. The summed E-state index contributed by atoms with van der Waals surface area (Å²) in [4.78, 5) is 12.2. The Morgan fingerprint density at radius 2 is 1.77 bits per heavy atom. The van der Waals surface area contributed by atoms with Crippen LogP contribution in [0.5, 0.6) is 0 Å². The molecule has 9 heteroatoms. The molecule has 4 fully saturated rings. The molecule has 0 unspecified atom stereocenters. The minimum absolute atomic E-state index is 0.0509. The van der Waals surface area contributed by atoms with Gasteiger partial charge >= 0.3 is 0 Å². The average molecular weight is 516 g/mol. The van der Waals surface area contributed by atoms with Gasteiger partial charge in [0, 0.05) is 13.0 Å². The van der Waals surface area contributed by atoms with E-state index in [9.17, 15) is 28.5 Å². The van der Waals surface area contributed by atoms with Crippen molar-refractivity contribution in [3.8, 4) is 0 Å². The third kappa shape index (κ3) is 5.05. The number of hydrogen-bond acceptors (Lipinski definition) is 6. The van der Waals surface area contributed by atoms with Crippen molar-refractivity contribution >= 4 is 16.0 Å². The minimum atomic E-state index is -4.10. The van der Waals surface area contributed by atoms with E-state index < -0.39 is 28.1 Å². The highest BCUT2D eigenvalue weighted by atomic mass is 32.2. The highest BCUT2D eigenvalue weighted by molar-refractivity contribution is 7.85. The third-order valence-corrected chi connectivity index (χ3v) is 11.7. The van der Waals surface area contributed by atoms with Gasteiger partial charge in [0.15, 0.2) is 0 Å². The van der Waals surface area contributed by atoms with E-state index in [1.54, 1.807) is 0 Å². The number of aliphatic hydroxyl groups excluding tert-OH is 3. The molecule has 0 saturated heterocycles. The number of hydrogen-bond donors (Lipinski definition) is 5. The van der Waals surface area contributed by atoms with Gasteiger partial charge in [0.25, 0.3) is 10.1 Å². The SMILES string of the molecule is C[C@@H](CCC(=O)NCCS(=O)(=O)O)[C@H]1CC[C@H]2[C@@H]3[C@H](O)C[C@H]4C[C@@H](O)CC[C@]4(C)[C@H]3C[C@H](O)[C@]12C. The van der Waals surface area contributed by atoms with E-state index in [1.807, 2.05) is 0 Å².